The average Bonchev–Trinajstić information content (AvgIpc) is 3.47. The zero-order valence-electron chi connectivity index (χ0n) is 15.3. The lowest BCUT2D eigenvalue weighted by Crippen LogP contribution is -2.32. The number of furan rings is 1. The van der Waals surface area contributed by atoms with E-state index < -0.39 is 0 Å². The van der Waals surface area contributed by atoms with Gasteiger partial charge in [0, 0.05) is 37.4 Å². The number of hydrogen-bond donors (Lipinski definition) is 0. The van der Waals surface area contributed by atoms with Gasteiger partial charge in [-0.15, -0.1) is 0 Å². The predicted octanol–water partition coefficient (Wildman–Crippen LogP) is 3.34. The molecule has 0 radical (unpaired) electrons. The number of nitrogens with zero attached hydrogens (tertiary/aromatic N) is 6. The molecule has 0 unspecified atom stereocenters. The molecule has 0 amide bonds. The van der Waals surface area contributed by atoms with Crippen LogP contribution >= 0.6 is 0 Å². The normalized spacial score (nSPS) is 17.9. The number of likely N-dealkylation sites (tertiary alicyclic amines) is 1. The molecule has 4 aromatic heterocycles. The predicted molar refractivity (Wildman–Crippen MR) is 102 cm³/mol. The zero-order chi connectivity index (χ0) is 18.2. The van der Waals surface area contributed by atoms with Crippen LogP contribution in [0.2, 0.25) is 0 Å². The first-order valence-corrected chi connectivity index (χ1v) is 9.46. The van der Waals surface area contributed by atoms with E-state index in [1.54, 1.807) is 18.6 Å². The molecule has 1 saturated heterocycles. The van der Waals surface area contributed by atoms with Crippen molar-refractivity contribution in [2.24, 2.45) is 0 Å². The van der Waals surface area contributed by atoms with Crippen LogP contribution in [0.15, 0.2) is 53.7 Å². The van der Waals surface area contributed by atoms with Crippen molar-refractivity contribution in [3.8, 4) is 23.0 Å². The van der Waals surface area contributed by atoms with E-state index in [0.717, 1.165) is 41.8 Å². The van der Waals surface area contributed by atoms with Gasteiger partial charge in [0.05, 0.1) is 12.4 Å². The summed E-state index contributed by atoms with van der Waals surface area (Å²) >= 11 is 0. The summed E-state index contributed by atoms with van der Waals surface area (Å²) in [6.45, 7) is 5.47. The summed E-state index contributed by atoms with van der Waals surface area (Å²) in [5, 5.41) is 0. The molecule has 0 saturated carbocycles. The van der Waals surface area contributed by atoms with E-state index in [1.165, 1.54) is 19.4 Å². The molecule has 0 aliphatic carbocycles. The standard InChI is InChI=1S/C20H22N6O/c1-2-24-9-3-4-15(24)14-25-10-7-23-20(25)18-6-5-17(27-18)16-12-21-13-19-22-8-11-26(16)19/h5-8,10-13,15H,2-4,9,14H2,1H3/t15-/m0/s1. The zero-order valence-corrected chi connectivity index (χ0v) is 15.3. The van der Waals surface area contributed by atoms with E-state index in [2.05, 4.69) is 31.3 Å². The van der Waals surface area contributed by atoms with Crippen LogP contribution in [0.1, 0.15) is 19.8 Å². The maximum absolute atomic E-state index is 6.16. The summed E-state index contributed by atoms with van der Waals surface area (Å²) in [5.41, 5.74) is 1.68. The Labute approximate surface area is 157 Å². The summed E-state index contributed by atoms with van der Waals surface area (Å²) in [5.74, 6) is 2.40. The molecule has 1 aliphatic rings. The van der Waals surface area contributed by atoms with Gasteiger partial charge in [-0.3, -0.25) is 14.3 Å². The van der Waals surface area contributed by atoms with E-state index in [9.17, 15) is 0 Å². The van der Waals surface area contributed by atoms with Gasteiger partial charge < -0.3 is 8.98 Å². The highest BCUT2D eigenvalue weighted by Crippen LogP contribution is 2.28. The first-order chi connectivity index (χ1) is 13.3. The molecular weight excluding hydrogens is 340 g/mol. The smallest absolute Gasteiger partial charge is 0.176 e. The highest BCUT2D eigenvalue weighted by atomic mass is 16.3. The fourth-order valence-corrected chi connectivity index (χ4v) is 4.06. The van der Waals surface area contributed by atoms with Crippen LogP contribution < -0.4 is 0 Å². The van der Waals surface area contributed by atoms with Crippen molar-refractivity contribution in [3.63, 3.8) is 0 Å². The van der Waals surface area contributed by atoms with E-state index >= 15 is 0 Å². The maximum Gasteiger partial charge on any atom is 0.176 e. The first-order valence-electron chi connectivity index (χ1n) is 9.46. The van der Waals surface area contributed by atoms with E-state index in [1.807, 2.05) is 35.1 Å². The quantitative estimate of drug-likeness (QED) is 0.545. The van der Waals surface area contributed by atoms with Crippen molar-refractivity contribution in [1.29, 1.82) is 0 Å². The van der Waals surface area contributed by atoms with Crippen LogP contribution in [-0.2, 0) is 6.54 Å². The molecule has 1 atom stereocenters. The average molecular weight is 362 g/mol. The molecule has 138 valence electrons. The highest BCUT2D eigenvalue weighted by molar-refractivity contribution is 5.61. The molecule has 1 aliphatic heterocycles. The van der Waals surface area contributed by atoms with Crippen molar-refractivity contribution >= 4 is 5.65 Å². The van der Waals surface area contributed by atoms with Crippen molar-refractivity contribution in [2.45, 2.75) is 32.4 Å². The van der Waals surface area contributed by atoms with Gasteiger partial charge in [-0.1, -0.05) is 6.92 Å². The molecule has 0 aromatic carbocycles. The maximum atomic E-state index is 6.16. The summed E-state index contributed by atoms with van der Waals surface area (Å²) in [7, 11) is 0. The lowest BCUT2D eigenvalue weighted by atomic mass is 10.2. The van der Waals surface area contributed by atoms with Gasteiger partial charge >= 0.3 is 0 Å². The summed E-state index contributed by atoms with van der Waals surface area (Å²) in [6, 6.07) is 4.52. The lowest BCUT2D eigenvalue weighted by molar-refractivity contribution is 0.244. The number of hydrogen-bond acceptors (Lipinski definition) is 5. The largest absolute Gasteiger partial charge is 0.451 e. The second kappa shape index (κ2) is 6.66. The van der Waals surface area contributed by atoms with Gasteiger partial charge in [-0.25, -0.2) is 9.97 Å². The third-order valence-corrected chi connectivity index (χ3v) is 5.42. The van der Waals surface area contributed by atoms with Gasteiger partial charge in [-0.05, 0) is 38.1 Å². The van der Waals surface area contributed by atoms with Crippen LogP contribution in [0.25, 0.3) is 28.7 Å². The molecule has 5 heterocycles. The third kappa shape index (κ3) is 2.84. The number of imidazole rings is 2. The van der Waals surface area contributed by atoms with Crippen LogP contribution in [0.5, 0.6) is 0 Å². The van der Waals surface area contributed by atoms with Gasteiger partial charge in [0.15, 0.2) is 23.0 Å². The Bertz CT molecular complexity index is 1060. The number of likely N-dealkylation sites (N-methyl/N-ethyl adjacent to an activating group) is 1. The van der Waals surface area contributed by atoms with E-state index in [-0.39, 0.29) is 0 Å². The Morgan fingerprint density at radius 1 is 1.11 bits per heavy atom. The van der Waals surface area contributed by atoms with Gasteiger partial charge in [-0.2, -0.15) is 0 Å². The Hall–Kier alpha value is -2.93. The number of rotatable bonds is 5. The molecule has 0 bridgehead atoms. The Morgan fingerprint density at radius 2 is 2.00 bits per heavy atom. The third-order valence-electron chi connectivity index (χ3n) is 5.42. The molecule has 5 rings (SSSR count). The highest BCUT2D eigenvalue weighted by Gasteiger charge is 2.24. The fourth-order valence-electron chi connectivity index (χ4n) is 4.06. The van der Waals surface area contributed by atoms with Gasteiger partial charge in [0.1, 0.15) is 5.69 Å². The van der Waals surface area contributed by atoms with Crippen molar-refractivity contribution in [2.75, 3.05) is 13.1 Å². The first kappa shape index (κ1) is 16.3. The van der Waals surface area contributed by atoms with Crippen LogP contribution in [0.4, 0.5) is 0 Å². The van der Waals surface area contributed by atoms with Crippen molar-refractivity contribution in [3.05, 3.63) is 49.3 Å². The van der Waals surface area contributed by atoms with E-state index in [4.69, 9.17) is 4.42 Å². The summed E-state index contributed by atoms with van der Waals surface area (Å²) in [4.78, 5) is 15.7. The molecule has 0 spiro atoms. The van der Waals surface area contributed by atoms with Crippen molar-refractivity contribution in [1.82, 2.24) is 28.8 Å². The van der Waals surface area contributed by atoms with Gasteiger partial charge in [0.2, 0.25) is 0 Å². The summed E-state index contributed by atoms with van der Waals surface area (Å²) in [6.07, 6.45) is 13.6. The molecular formula is C20H22N6O. The van der Waals surface area contributed by atoms with E-state index in [0.29, 0.717) is 6.04 Å². The molecule has 27 heavy (non-hydrogen) atoms. The molecule has 7 nitrogen and oxygen atoms in total. The summed E-state index contributed by atoms with van der Waals surface area (Å²) < 4.78 is 10.3. The lowest BCUT2D eigenvalue weighted by Gasteiger charge is -2.23. The molecule has 4 aromatic rings. The molecule has 0 N–H and O–H groups in total. The fraction of sp³-hybridized carbons (Fsp3) is 0.350. The van der Waals surface area contributed by atoms with Crippen LogP contribution in [0.3, 0.4) is 0 Å². The minimum Gasteiger partial charge on any atom is -0.451 e. The topological polar surface area (TPSA) is 64.4 Å². The Kier molecular flexibility index (Phi) is 4.01. The SMILES string of the molecule is CCN1CCC[C@H]1Cn1ccnc1-c1ccc(-c2cncc3nccn23)o1. The van der Waals surface area contributed by atoms with Crippen molar-refractivity contribution < 1.29 is 4.42 Å². The minimum atomic E-state index is 0.571. The number of aromatic nitrogens is 5. The number of fused-ring (bicyclic) bond motifs is 1. The second-order valence-corrected chi connectivity index (χ2v) is 6.94. The Balaban J connectivity index is 1.46. The monoisotopic (exact) mass is 362 g/mol. The van der Waals surface area contributed by atoms with Crippen LogP contribution in [-0.4, -0.2) is 48.0 Å². The second-order valence-electron chi connectivity index (χ2n) is 6.94. The molecule has 7 heteroatoms. The molecule has 1 fully saturated rings. The van der Waals surface area contributed by atoms with Crippen LogP contribution in [0, 0.1) is 0 Å². The van der Waals surface area contributed by atoms with Gasteiger partial charge in [0.25, 0.3) is 0 Å². The Morgan fingerprint density at radius 3 is 2.93 bits per heavy atom. The minimum absolute atomic E-state index is 0.571.